The van der Waals surface area contributed by atoms with E-state index in [2.05, 4.69) is 10.6 Å². The van der Waals surface area contributed by atoms with Crippen molar-refractivity contribution in [3.05, 3.63) is 23.2 Å². The normalized spacial score (nSPS) is 16.8. The molecule has 1 saturated heterocycles. The Hall–Kier alpha value is -1.99. The summed E-state index contributed by atoms with van der Waals surface area (Å²) in [5, 5.41) is 14.1. The van der Waals surface area contributed by atoms with E-state index in [1.54, 1.807) is 18.2 Å². The van der Waals surface area contributed by atoms with Crippen molar-refractivity contribution in [1.29, 1.82) is 0 Å². The van der Waals surface area contributed by atoms with Gasteiger partial charge in [0, 0.05) is 18.2 Å². The van der Waals surface area contributed by atoms with E-state index < -0.39 is 12.0 Å². The highest BCUT2D eigenvalue weighted by molar-refractivity contribution is 6.31. The Morgan fingerprint density at radius 1 is 1.43 bits per heavy atom. The molecule has 8 heteroatoms. The molecule has 1 heterocycles. The van der Waals surface area contributed by atoms with Crippen LogP contribution in [0.25, 0.3) is 0 Å². The van der Waals surface area contributed by atoms with Crippen molar-refractivity contribution in [3.63, 3.8) is 0 Å². The summed E-state index contributed by atoms with van der Waals surface area (Å²) in [6.45, 7) is 1.18. The second-order valence-electron chi connectivity index (χ2n) is 5.11. The van der Waals surface area contributed by atoms with Gasteiger partial charge in [-0.05, 0) is 31.0 Å². The van der Waals surface area contributed by atoms with E-state index in [-0.39, 0.29) is 19.1 Å². The average molecular weight is 343 g/mol. The fourth-order valence-corrected chi connectivity index (χ4v) is 2.31. The van der Waals surface area contributed by atoms with Crippen molar-refractivity contribution in [3.8, 4) is 5.75 Å². The van der Waals surface area contributed by atoms with Gasteiger partial charge in [-0.25, -0.2) is 4.79 Å². The van der Waals surface area contributed by atoms with Crippen LogP contribution in [-0.4, -0.2) is 43.0 Å². The number of carbonyl (C=O) groups excluding carboxylic acids is 1. The Kier molecular flexibility index (Phi) is 6.49. The summed E-state index contributed by atoms with van der Waals surface area (Å²) in [7, 11) is 0. The van der Waals surface area contributed by atoms with Crippen LogP contribution in [0.3, 0.4) is 0 Å². The van der Waals surface area contributed by atoms with Gasteiger partial charge >= 0.3 is 12.0 Å². The number of carboxylic acids is 1. The predicted octanol–water partition coefficient (Wildman–Crippen LogP) is 2.49. The molecule has 1 unspecified atom stereocenters. The van der Waals surface area contributed by atoms with Gasteiger partial charge in [0.05, 0.1) is 18.2 Å². The van der Waals surface area contributed by atoms with E-state index >= 15 is 0 Å². The SMILES string of the molecule is O=C(O)CCNC(=O)Nc1cc(Cl)ccc1OCC1CCCO1. The topological polar surface area (TPSA) is 96.9 Å². The molecule has 3 N–H and O–H groups in total. The Morgan fingerprint density at radius 3 is 2.96 bits per heavy atom. The summed E-state index contributed by atoms with van der Waals surface area (Å²) in [5.41, 5.74) is 0.420. The third-order valence-electron chi connectivity index (χ3n) is 3.26. The highest BCUT2D eigenvalue weighted by Crippen LogP contribution is 2.28. The number of amides is 2. The van der Waals surface area contributed by atoms with Crippen molar-refractivity contribution < 1.29 is 24.2 Å². The largest absolute Gasteiger partial charge is 0.489 e. The first-order valence-corrected chi connectivity index (χ1v) is 7.73. The van der Waals surface area contributed by atoms with E-state index in [0.29, 0.717) is 23.1 Å². The van der Waals surface area contributed by atoms with Gasteiger partial charge in [0.1, 0.15) is 12.4 Å². The van der Waals surface area contributed by atoms with Crippen LogP contribution < -0.4 is 15.4 Å². The molecular formula is C15H19ClN2O5. The van der Waals surface area contributed by atoms with Crippen LogP contribution in [0.1, 0.15) is 19.3 Å². The molecule has 126 valence electrons. The van der Waals surface area contributed by atoms with Gasteiger partial charge in [0.15, 0.2) is 0 Å². The van der Waals surface area contributed by atoms with Gasteiger partial charge in [0.25, 0.3) is 0 Å². The lowest BCUT2D eigenvalue weighted by atomic mass is 10.2. The minimum absolute atomic E-state index is 0.0356. The monoisotopic (exact) mass is 342 g/mol. The molecule has 1 aromatic carbocycles. The molecule has 0 spiro atoms. The van der Waals surface area contributed by atoms with Crippen molar-refractivity contribution in [2.45, 2.75) is 25.4 Å². The number of benzene rings is 1. The van der Waals surface area contributed by atoms with Gasteiger partial charge < -0.3 is 25.2 Å². The molecular weight excluding hydrogens is 324 g/mol. The maximum absolute atomic E-state index is 11.8. The lowest BCUT2D eigenvalue weighted by Crippen LogP contribution is -2.30. The van der Waals surface area contributed by atoms with Gasteiger partial charge in [-0.3, -0.25) is 4.79 Å². The molecule has 2 amide bonds. The summed E-state index contributed by atoms with van der Waals surface area (Å²) < 4.78 is 11.2. The molecule has 0 aromatic heterocycles. The van der Waals surface area contributed by atoms with Crippen LogP contribution in [0.2, 0.25) is 5.02 Å². The second kappa shape index (κ2) is 8.59. The number of rotatable bonds is 7. The van der Waals surface area contributed by atoms with Crippen molar-refractivity contribution in [2.75, 3.05) is 25.1 Å². The van der Waals surface area contributed by atoms with Gasteiger partial charge in [-0.2, -0.15) is 0 Å². The molecule has 1 atom stereocenters. The van der Waals surface area contributed by atoms with Crippen LogP contribution in [0, 0.1) is 0 Å². The van der Waals surface area contributed by atoms with Crippen LogP contribution >= 0.6 is 11.6 Å². The highest BCUT2D eigenvalue weighted by atomic mass is 35.5. The third kappa shape index (κ3) is 5.96. The Morgan fingerprint density at radius 2 is 2.26 bits per heavy atom. The maximum atomic E-state index is 11.8. The van der Waals surface area contributed by atoms with Crippen molar-refractivity contribution >= 4 is 29.3 Å². The summed E-state index contributed by atoms with van der Waals surface area (Å²) >= 11 is 5.94. The van der Waals surface area contributed by atoms with Crippen molar-refractivity contribution in [1.82, 2.24) is 5.32 Å². The Balaban J connectivity index is 1.91. The number of carboxylic acid groups (broad SMARTS) is 1. The smallest absolute Gasteiger partial charge is 0.319 e. The Bertz CT molecular complexity index is 561. The number of hydrogen-bond acceptors (Lipinski definition) is 4. The fourth-order valence-electron chi connectivity index (χ4n) is 2.13. The number of nitrogens with one attached hydrogen (secondary N) is 2. The molecule has 0 aliphatic carbocycles. The zero-order chi connectivity index (χ0) is 16.7. The van der Waals surface area contributed by atoms with Gasteiger partial charge in [-0.15, -0.1) is 0 Å². The molecule has 1 aromatic rings. The number of urea groups is 1. The number of anilines is 1. The lowest BCUT2D eigenvalue weighted by molar-refractivity contribution is -0.136. The lowest BCUT2D eigenvalue weighted by Gasteiger charge is -2.15. The molecule has 0 saturated carbocycles. The van der Waals surface area contributed by atoms with E-state index in [1.807, 2.05) is 0 Å². The molecule has 0 bridgehead atoms. The number of carbonyl (C=O) groups is 2. The maximum Gasteiger partial charge on any atom is 0.319 e. The zero-order valence-corrected chi connectivity index (χ0v) is 13.3. The van der Waals surface area contributed by atoms with E-state index in [9.17, 15) is 9.59 Å². The Labute approximate surface area is 138 Å². The molecule has 7 nitrogen and oxygen atoms in total. The quantitative estimate of drug-likeness (QED) is 0.707. The number of halogens is 1. The summed E-state index contributed by atoms with van der Waals surface area (Å²) in [4.78, 5) is 22.2. The van der Waals surface area contributed by atoms with Crippen LogP contribution in [0.4, 0.5) is 10.5 Å². The molecule has 1 fully saturated rings. The van der Waals surface area contributed by atoms with E-state index in [0.717, 1.165) is 19.4 Å². The molecule has 2 rings (SSSR count). The minimum atomic E-state index is -0.978. The first-order valence-electron chi connectivity index (χ1n) is 7.35. The van der Waals surface area contributed by atoms with Gasteiger partial charge in [0.2, 0.25) is 0 Å². The van der Waals surface area contributed by atoms with Crippen molar-refractivity contribution in [2.24, 2.45) is 0 Å². The summed E-state index contributed by atoms with van der Waals surface area (Å²) in [5.74, 6) is -0.494. The first-order chi connectivity index (χ1) is 11.0. The van der Waals surface area contributed by atoms with E-state index in [4.69, 9.17) is 26.2 Å². The average Bonchev–Trinajstić information content (AvgIpc) is 2.99. The minimum Gasteiger partial charge on any atom is -0.489 e. The standard InChI is InChI=1S/C15H19ClN2O5/c16-10-3-4-13(23-9-11-2-1-7-22-11)12(8-10)18-15(21)17-6-5-14(19)20/h3-4,8,11H,1-2,5-7,9H2,(H,19,20)(H2,17,18,21). The molecule has 1 aliphatic rings. The highest BCUT2D eigenvalue weighted by Gasteiger charge is 2.17. The summed E-state index contributed by atoms with van der Waals surface area (Å²) in [6, 6.07) is 4.39. The zero-order valence-electron chi connectivity index (χ0n) is 12.5. The second-order valence-corrected chi connectivity index (χ2v) is 5.55. The molecule has 23 heavy (non-hydrogen) atoms. The number of ether oxygens (including phenoxy) is 2. The number of hydrogen-bond donors (Lipinski definition) is 3. The van der Waals surface area contributed by atoms with Gasteiger partial charge in [-0.1, -0.05) is 11.6 Å². The summed E-state index contributed by atoms with van der Waals surface area (Å²) in [6.07, 6.45) is 1.88. The fraction of sp³-hybridized carbons (Fsp3) is 0.467. The third-order valence-corrected chi connectivity index (χ3v) is 3.50. The molecule has 0 radical (unpaired) electrons. The van der Waals surface area contributed by atoms with E-state index in [1.165, 1.54) is 0 Å². The van der Waals surface area contributed by atoms with Crippen LogP contribution in [0.15, 0.2) is 18.2 Å². The predicted molar refractivity (Wildman–Crippen MR) is 85.2 cm³/mol. The number of aliphatic carboxylic acids is 1. The van der Waals surface area contributed by atoms with Crippen LogP contribution in [0.5, 0.6) is 5.75 Å². The van der Waals surface area contributed by atoms with Crippen LogP contribution in [-0.2, 0) is 9.53 Å². The molecule has 1 aliphatic heterocycles. The first kappa shape index (κ1) is 17.4.